The van der Waals surface area contributed by atoms with Gasteiger partial charge in [0.2, 0.25) is 0 Å². The van der Waals surface area contributed by atoms with Gasteiger partial charge in [0.1, 0.15) is 0 Å². The van der Waals surface area contributed by atoms with Crippen LogP contribution in [0.4, 0.5) is 0 Å². The molecule has 1 aromatic carbocycles. The predicted molar refractivity (Wildman–Crippen MR) is 97.2 cm³/mol. The van der Waals surface area contributed by atoms with Crippen LogP contribution in [0.3, 0.4) is 0 Å². The van der Waals surface area contributed by atoms with Crippen LogP contribution in [-0.4, -0.2) is 18.0 Å². The molecule has 0 unspecified atom stereocenters. The summed E-state index contributed by atoms with van der Waals surface area (Å²) in [6, 6.07) is 8.92. The first-order chi connectivity index (χ1) is 10.7. The zero-order valence-corrected chi connectivity index (χ0v) is 14.6. The number of rotatable bonds is 3. The second kappa shape index (κ2) is 8.70. The number of halogens is 1. The lowest BCUT2D eigenvalue weighted by atomic mass is 9.84. The maximum Gasteiger partial charge on any atom is 0.251 e. The summed E-state index contributed by atoms with van der Waals surface area (Å²) in [6.45, 7) is 0. The molecule has 1 amide bonds. The third-order valence-corrected chi connectivity index (χ3v) is 5.36. The maximum absolute atomic E-state index is 12.3. The highest BCUT2D eigenvalue weighted by Crippen LogP contribution is 2.32. The number of carbonyl (C=O) groups excluding carboxylic acids is 1. The van der Waals surface area contributed by atoms with Crippen molar-refractivity contribution in [2.24, 2.45) is 5.73 Å². The zero-order chi connectivity index (χ0) is 15.4. The van der Waals surface area contributed by atoms with Gasteiger partial charge in [-0.3, -0.25) is 4.79 Å². The lowest BCUT2D eigenvalue weighted by Gasteiger charge is -2.27. The fourth-order valence-corrected chi connectivity index (χ4v) is 3.87. The SMILES string of the molecule is Cl.NC1CCC(NC(=O)c2ccc(C3CCCCC3)cc2)CC1. The van der Waals surface area contributed by atoms with Gasteiger partial charge >= 0.3 is 0 Å². The van der Waals surface area contributed by atoms with E-state index >= 15 is 0 Å². The van der Waals surface area contributed by atoms with Crippen molar-refractivity contribution in [2.45, 2.75) is 75.8 Å². The van der Waals surface area contributed by atoms with Gasteiger partial charge in [0.05, 0.1) is 0 Å². The Labute approximate surface area is 145 Å². The van der Waals surface area contributed by atoms with Crippen LogP contribution in [0.15, 0.2) is 24.3 Å². The minimum atomic E-state index is 0. The van der Waals surface area contributed by atoms with Crippen molar-refractivity contribution < 1.29 is 4.79 Å². The lowest BCUT2D eigenvalue weighted by Crippen LogP contribution is -2.40. The molecule has 3 rings (SSSR count). The number of nitrogens with one attached hydrogen (secondary N) is 1. The van der Waals surface area contributed by atoms with E-state index in [1.807, 2.05) is 12.1 Å². The summed E-state index contributed by atoms with van der Waals surface area (Å²) in [4.78, 5) is 12.3. The van der Waals surface area contributed by atoms with E-state index in [0.29, 0.717) is 18.0 Å². The van der Waals surface area contributed by atoms with Gasteiger partial charge < -0.3 is 11.1 Å². The van der Waals surface area contributed by atoms with Gasteiger partial charge in [-0.15, -0.1) is 12.4 Å². The van der Waals surface area contributed by atoms with E-state index in [1.54, 1.807) is 0 Å². The van der Waals surface area contributed by atoms with Crippen LogP contribution in [0.5, 0.6) is 0 Å². The fraction of sp³-hybridized carbons (Fsp3) is 0.632. The summed E-state index contributed by atoms with van der Waals surface area (Å²) >= 11 is 0. The normalized spacial score (nSPS) is 25.4. The molecule has 3 nitrogen and oxygen atoms in total. The number of hydrogen-bond donors (Lipinski definition) is 2. The van der Waals surface area contributed by atoms with Crippen molar-refractivity contribution in [3.63, 3.8) is 0 Å². The summed E-state index contributed by atoms with van der Waals surface area (Å²) in [5.74, 6) is 0.765. The van der Waals surface area contributed by atoms with Crippen LogP contribution >= 0.6 is 12.4 Å². The third-order valence-electron chi connectivity index (χ3n) is 5.36. The van der Waals surface area contributed by atoms with Crippen molar-refractivity contribution in [2.75, 3.05) is 0 Å². The highest BCUT2D eigenvalue weighted by atomic mass is 35.5. The molecule has 0 atom stereocenters. The van der Waals surface area contributed by atoms with Crippen LogP contribution in [-0.2, 0) is 0 Å². The number of carbonyl (C=O) groups is 1. The quantitative estimate of drug-likeness (QED) is 0.870. The van der Waals surface area contributed by atoms with Gasteiger partial charge in [0, 0.05) is 17.6 Å². The molecule has 2 aliphatic rings. The number of amides is 1. The highest BCUT2D eigenvalue weighted by molar-refractivity contribution is 5.94. The first-order valence-electron chi connectivity index (χ1n) is 8.89. The number of nitrogens with two attached hydrogens (primary N) is 1. The van der Waals surface area contributed by atoms with Gasteiger partial charge in [-0.2, -0.15) is 0 Å². The number of benzene rings is 1. The standard InChI is InChI=1S/C19H28N2O.ClH/c20-17-10-12-18(13-11-17)21-19(22)16-8-6-15(7-9-16)14-4-2-1-3-5-14;/h6-9,14,17-18H,1-5,10-13,20H2,(H,21,22);1H. The molecule has 0 saturated heterocycles. The summed E-state index contributed by atoms with van der Waals surface area (Å²) in [5, 5.41) is 3.16. The molecule has 0 bridgehead atoms. The minimum Gasteiger partial charge on any atom is -0.349 e. The van der Waals surface area contributed by atoms with Crippen LogP contribution in [0, 0.1) is 0 Å². The lowest BCUT2D eigenvalue weighted by molar-refractivity contribution is 0.0926. The molecule has 1 aromatic rings. The highest BCUT2D eigenvalue weighted by Gasteiger charge is 2.21. The average Bonchev–Trinajstić information content (AvgIpc) is 2.58. The van der Waals surface area contributed by atoms with Crippen molar-refractivity contribution in [1.29, 1.82) is 0 Å². The minimum absolute atomic E-state index is 0. The Bertz CT molecular complexity index is 489. The molecule has 4 heteroatoms. The monoisotopic (exact) mass is 336 g/mol. The van der Waals surface area contributed by atoms with Crippen molar-refractivity contribution in [1.82, 2.24) is 5.32 Å². The first kappa shape index (κ1) is 18.3. The second-order valence-corrected chi connectivity index (χ2v) is 7.04. The molecule has 2 fully saturated rings. The van der Waals surface area contributed by atoms with Gasteiger partial charge in [0.25, 0.3) is 5.91 Å². The third kappa shape index (κ3) is 4.95. The molecule has 0 aromatic heterocycles. The Morgan fingerprint density at radius 2 is 1.52 bits per heavy atom. The van der Waals surface area contributed by atoms with E-state index in [4.69, 9.17) is 5.73 Å². The molecular weight excluding hydrogens is 308 g/mol. The van der Waals surface area contributed by atoms with E-state index in [1.165, 1.54) is 37.7 Å². The van der Waals surface area contributed by atoms with Crippen LogP contribution in [0.2, 0.25) is 0 Å². The molecule has 23 heavy (non-hydrogen) atoms. The Morgan fingerprint density at radius 1 is 0.913 bits per heavy atom. The van der Waals surface area contributed by atoms with E-state index in [-0.39, 0.29) is 18.3 Å². The van der Waals surface area contributed by atoms with E-state index in [9.17, 15) is 4.79 Å². The van der Waals surface area contributed by atoms with Crippen molar-refractivity contribution in [3.8, 4) is 0 Å². The summed E-state index contributed by atoms with van der Waals surface area (Å²) in [6.07, 6.45) is 10.7. The smallest absolute Gasteiger partial charge is 0.251 e. The summed E-state index contributed by atoms with van der Waals surface area (Å²) in [5.41, 5.74) is 8.10. The largest absolute Gasteiger partial charge is 0.349 e. The zero-order valence-electron chi connectivity index (χ0n) is 13.8. The number of hydrogen-bond acceptors (Lipinski definition) is 2. The molecular formula is C19H29ClN2O. The van der Waals surface area contributed by atoms with Gasteiger partial charge in [-0.05, 0) is 62.1 Å². The van der Waals surface area contributed by atoms with E-state index in [0.717, 1.165) is 31.2 Å². The molecule has 0 radical (unpaired) electrons. The van der Waals surface area contributed by atoms with E-state index < -0.39 is 0 Å². The Balaban J connectivity index is 0.00000192. The summed E-state index contributed by atoms with van der Waals surface area (Å²) < 4.78 is 0. The average molecular weight is 337 g/mol. The van der Waals surface area contributed by atoms with Gasteiger partial charge in [-0.1, -0.05) is 31.4 Å². The predicted octanol–water partition coefficient (Wildman–Crippen LogP) is 4.16. The Hall–Kier alpha value is -1.06. The molecule has 128 valence electrons. The van der Waals surface area contributed by atoms with Crippen molar-refractivity contribution >= 4 is 18.3 Å². The first-order valence-corrected chi connectivity index (χ1v) is 8.89. The maximum atomic E-state index is 12.3. The van der Waals surface area contributed by atoms with Crippen LogP contribution in [0.25, 0.3) is 0 Å². The molecule has 2 saturated carbocycles. The molecule has 0 heterocycles. The second-order valence-electron chi connectivity index (χ2n) is 7.04. The van der Waals surface area contributed by atoms with Crippen LogP contribution in [0.1, 0.15) is 79.6 Å². The molecule has 3 N–H and O–H groups in total. The van der Waals surface area contributed by atoms with Gasteiger partial charge in [-0.25, -0.2) is 0 Å². The topological polar surface area (TPSA) is 55.1 Å². The Morgan fingerprint density at radius 3 is 2.13 bits per heavy atom. The molecule has 2 aliphatic carbocycles. The van der Waals surface area contributed by atoms with Crippen molar-refractivity contribution in [3.05, 3.63) is 35.4 Å². The van der Waals surface area contributed by atoms with Crippen LogP contribution < -0.4 is 11.1 Å². The summed E-state index contributed by atoms with van der Waals surface area (Å²) in [7, 11) is 0. The van der Waals surface area contributed by atoms with Gasteiger partial charge in [0.15, 0.2) is 0 Å². The molecule has 0 aliphatic heterocycles. The molecule has 0 spiro atoms. The fourth-order valence-electron chi connectivity index (χ4n) is 3.87. The van der Waals surface area contributed by atoms with E-state index in [2.05, 4.69) is 17.4 Å². The Kier molecular flexibility index (Phi) is 6.91.